The van der Waals surface area contributed by atoms with E-state index in [9.17, 15) is 13.0 Å². The zero-order valence-corrected chi connectivity index (χ0v) is 9.93. The van der Waals surface area contributed by atoms with Crippen LogP contribution in [-0.4, -0.2) is 27.1 Å². The molecule has 0 bridgehead atoms. The molecule has 1 aromatic rings. The Morgan fingerprint density at radius 1 is 1.38 bits per heavy atom. The molecule has 0 aliphatic carbocycles. The monoisotopic (exact) mass is 248 g/mol. The van der Waals surface area contributed by atoms with Gasteiger partial charge in [0.2, 0.25) is 0 Å². The van der Waals surface area contributed by atoms with Gasteiger partial charge in [0.25, 0.3) is 5.92 Å². The lowest BCUT2D eigenvalue weighted by molar-refractivity contribution is -0.0818. The Morgan fingerprint density at radius 3 is 2.31 bits per heavy atom. The average Bonchev–Trinajstić information content (AvgIpc) is 2.17. The fourth-order valence-corrected chi connectivity index (χ4v) is 2.29. The van der Waals surface area contributed by atoms with Crippen LogP contribution in [0.3, 0.4) is 0 Å². The normalized spacial score (nSPS) is 15.8. The summed E-state index contributed by atoms with van der Waals surface area (Å²) >= 11 is 0. The smallest absolute Gasteiger partial charge is 0.271 e. The molecule has 0 spiro atoms. The van der Waals surface area contributed by atoms with E-state index in [0.29, 0.717) is 11.8 Å². The van der Waals surface area contributed by atoms with Crippen molar-refractivity contribution in [2.45, 2.75) is 30.8 Å². The van der Waals surface area contributed by atoms with E-state index < -0.39 is 28.6 Å². The molecule has 0 aromatic heterocycles. The van der Waals surface area contributed by atoms with Gasteiger partial charge in [0, 0.05) is 11.8 Å². The summed E-state index contributed by atoms with van der Waals surface area (Å²) in [4.78, 5) is 0.453. The molecule has 1 aromatic carbocycles. The molecule has 0 heterocycles. The quantitative estimate of drug-likeness (QED) is 0.886. The van der Waals surface area contributed by atoms with Gasteiger partial charge in [0.1, 0.15) is 6.10 Å². The lowest BCUT2D eigenvalue weighted by Crippen LogP contribution is -2.34. The minimum absolute atomic E-state index is 0.452. The van der Waals surface area contributed by atoms with Crippen molar-refractivity contribution in [1.82, 2.24) is 0 Å². The first-order valence-corrected chi connectivity index (χ1v) is 6.13. The molecule has 2 unspecified atom stereocenters. The van der Waals surface area contributed by atoms with E-state index in [1.54, 1.807) is 24.3 Å². The second-order valence-electron chi connectivity index (χ2n) is 3.80. The standard InChI is InChI=1S/C11H14F2O2S/c1-8-3-5-9(6-4-8)16(15)7-10(14)11(2,12)13/h3-6,10,14H,7H2,1-2H3. The summed E-state index contributed by atoms with van der Waals surface area (Å²) in [5.41, 5.74) is 1.00. The Hall–Kier alpha value is -0.810. The van der Waals surface area contributed by atoms with Gasteiger partial charge >= 0.3 is 0 Å². The lowest BCUT2D eigenvalue weighted by atomic mass is 10.2. The van der Waals surface area contributed by atoms with Crippen LogP contribution in [0.5, 0.6) is 0 Å². The van der Waals surface area contributed by atoms with E-state index in [1.807, 2.05) is 6.92 Å². The van der Waals surface area contributed by atoms with Crippen LogP contribution in [-0.2, 0) is 10.8 Å². The van der Waals surface area contributed by atoms with Gasteiger partial charge in [-0.15, -0.1) is 0 Å². The van der Waals surface area contributed by atoms with E-state index >= 15 is 0 Å². The summed E-state index contributed by atoms with van der Waals surface area (Å²) < 4.78 is 37.0. The van der Waals surface area contributed by atoms with Gasteiger partial charge in [0.05, 0.1) is 16.6 Å². The molecule has 0 saturated heterocycles. The molecular weight excluding hydrogens is 234 g/mol. The number of aliphatic hydroxyl groups excluding tert-OH is 1. The zero-order valence-electron chi connectivity index (χ0n) is 9.11. The summed E-state index contributed by atoms with van der Waals surface area (Å²) in [6.45, 7) is 2.49. The number of aryl methyl sites for hydroxylation is 1. The van der Waals surface area contributed by atoms with Crippen LogP contribution in [0, 0.1) is 6.92 Å². The van der Waals surface area contributed by atoms with Crippen LogP contribution in [0.15, 0.2) is 29.2 Å². The third-order valence-corrected chi connectivity index (χ3v) is 3.59. The molecule has 90 valence electrons. The van der Waals surface area contributed by atoms with Crippen molar-refractivity contribution in [1.29, 1.82) is 0 Å². The molecule has 5 heteroatoms. The Morgan fingerprint density at radius 2 is 1.88 bits per heavy atom. The summed E-state index contributed by atoms with van der Waals surface area (Å²) in [5, 5.41) is 9.13. The third kappa shape index (κ3) is 3.64. The van der Waals surface area contributed by atoms with Crippen molar-refractivity contribution in [2.75, 3.05) is 5.75 Å². The molecule has 0 amide bonds. The highest BCUT2D eigenvalue weighted by atomic mass is 32.2. The molecule has 0 radical (unpaired) electrons. The minimum Gasteiger partial charge on any atom is -0.386 e. The fourth-order valence-electron chi connectivity index (χ4n) is 1.08. The third-order valence-electron chi connectivity index (χ3n) is 2.18. The molecule has 1 N–H and O–H groups in total. The number of benzene rings is 1. The number of halogens is 2. The topological polar surface area (TPSA) is 37.3 Å². The van der Waals surface area contributed by atoms with Crippen LogP contribution in [0.25, 0.3) is 0 Å². The number of rotatable bonds is 4. The first-order chi connectivity index (χ1) is 7.30. The summed E-state index contributed by atoms with van der Waals surface area (Å²) in [6.07, 6.45) is -1.88. The first-order valence-electron chi connectivity index (χ1n) is 4.81. The summed E-state index contributed by atoms with van der Waals surface area (Å²) in [6, 6.07) is 6.74. The second kappa shape index (κ2) is 5.01. The van der Waals surface area contributed by atoms with Crippen molar-refractivity contribution >= 4 is 10.8 Å². The maximum atomic E-state index is 12.7. The number of hydrogen-bond acceptors (Lipinski definition) is 2. The van der Waals surface area contributed by atoms with Crippen LogP contribution in [0.2, 0.25) is 0 Å². The number of alkyl halides is 2. The predicted molar refractivity (Wildman–Crippen MR) is 59.1 cm³/mol. The van der Waals surface area contributed by atoms with Crippen molar-refractivity contribution in [3.05, 3.63) is 29.8 Å². The van der Waals surface area contributed by atoms with Gasteiger partial charge < -0.3 is 5.11 Å². The predicted octanol–water partition coefficient (Wildman–Crippen LogP) is 2.12. The fraction of sp³-hybridized carbons (Fsp3) is 0.455. The lowest BCUT2D eigenvalue weighted by Gasteiger charge is -2.17. The van der Waals surface area contributed by atoms with Crippen LogP contribution < -0.4 is 0 Å². The molecule has 2 atom stereocenters. The highest BCUT2D eigenvalue weighted by Crippen LogP contribution is 2.19. The second-order valence-corrected chi connectivity index (χ2v) is 5.29. The van der Waals surface area contributed by atoms with Crippen molar-refractivity contribution < 1.29 is 18.1 Å². The van der Waals surface area contributed by atoms with Gasteiger partial charge in [-0.05, 0) is 19.1 Å². The molecule has 0 aliphatic rings. The van der Waals surface area contributed by atoms with Gasteiger partial charge in [-0.3, -0.25) is 4.21 Å². The van der Waals surface area contributed by atoms with E-state index in [4.69, 9.17) is 5.11 Å². The Balaban J connectivity index is 2.70. The average molecular weight is 248 g/mol. The minimum atomic E-state index is -3.22. The van der Waals surface area contributed by atoms with Crippen LogP contribution in [0.1, 0.15) is 12.5 Å². The molecular formula is C11H14F2O2S. The molecule has 0 fully saturated rings. The zero-order chi connectivity index (χ0) is 12.3. The maximum Gasteiger partial charge on any atom is 0.271 e. The maximum absolute atomic E-state index is 12.7. The highest BCUT2D eigenvalue weighted by Gasteiger charge is 2.33. The van der Waals surface area contributed by atoms with Gasteiger partial charge in [-0.1, -0.05) is 17.7 Å². The Labute approximate surface area is 95.8 Å². The van der Waals surface area contributed by atoms with E-state index in [2.05, 4.69) is 0 Å². The summed E-state index contributed by atoms with van der Waals surface area (Å²) in [7, 11) is -1.60. The molecule has 2 nitrogen and oxygen atoms in total. The number of hydrogen-bond donors (Lipinski definition) is 1. The van der Waals surface area contributed by atoms with Crippen LogP contribution in [0.4, 0.5) is 8.78 Å². The molecule has 1 rings (SSSR count). The molecule has 0 saturated carbocycles. The Kier molecular flexibility index (Phi) is 4.15. The summed E-state index contributed by atoms with van der Waals surface area (Å²) in [5.74, 6) is -3.67. The largest absolute Gasteiger partial charge is 0.386 e. The van der Waals surface area contributed by atoms with E-state index in [0.717, 1.165) is 5.56 Å². The number of aliphatic hydroxyl groups is 1. The van der Waals surface area contributed by atoms with Crippen molar-refractivity contribution in [3.63, 3.8) is 0 Å². The van der Waals surface area contributed by atoms with E-state index in [1.165, 1.54) is 0 Å². The van der Waals surface area contributed by atoms with Gasteiger partial charge in [0.15, 0.2) is 0 Å². The van der Waals surface area contributed by atoms with Crippen molar-refractivity contribution in [2.24, 2.45) is 0 Å². The Bertz CT molecular complexity index is 371. The van der Waals surface area contributed by atoms with Crippen LogP contribution >= 0.6 is 0 Å². The molecule has 16 heavy (non-hydrogen) atoms. The highest BCUT2D eigenvalue weighted by molar-refractivity contribution is 7.85. The molecule has 0 aliphatic heterocycles. The van der Waals surface area contributed by atoms with Gasteiger partial charge in [-0.25, -0.2) is 8.78 Å². The van der Waals surface area contributed by atoms with Gasteiger partial charge in [-0.2, -0.15) is 0 Å². The van der Waals surface area contributed by atoms with E-state index in [-0.39, 0.29) is 0 Å². The van der Waals surface area contributed by atoms with Crippen molar-refractivity contribution in [3.8, 4) is 0 Å². The SMILES string of the molecule is Cc1ccc(S(=O)CC(O)C(C)(F)F)cc1. The first kappa shape index (κ1) is 13.3.